The number of H-pyrrole nitrogens is 1. The van der Waals surface area contributed by atoms with Gasteiger partial charge in [-0.1, -0.05) is 25.5 Å². The van der Waals surface area contributed by atoms with Crippen LogP contribution in [0.25, 0.3) is 27.9 Å². The van der Waals surface area contributed by atoms with Gasteiger partial charge in [-0.15, -0.1) is 5.10 Å². The summed E-state index contributed by atoms with van der Waals surface area (Å²) in [6, 6.07) is 6.79. The summed E-state index contributed by atoms with van der Waals surface area (Å²) in [5.41, 5.74) is 3.14. The Labute approximate surface area is 293 Å². The van der Waals surface area contributed by atoms with Crippen LogP contribution >= 0.6 is 0 Å². The van der Waals surface area contributed by atoms with E-state index in [0.29, 0.717) is 74.0 Å². The van der Waals surface area contributed by atoms with Crippen LogP contribution in [-0.2, 0) is 20.9 Å². The Morgan fingerprint density at radius 1 is 1.08 bits per heavy atom. The zero-order chi connectivity index (χ0) is 35.6. The lowest BCUT2D eigenvalue weighted by molar-refractivity contribution is -0.136. The lowest BCUT2D eigenvalue weighted by atomic mass is 9.93. The summed E-state index contributed by atoms with van der Waals surface area (Å²) in [5.74, 6) is 0.512. The van der Waals surface area contributed by atoms with Crippen molar-refractivity contribution in [3.8, 4) is 17.1 Å². The van der Waals surface area contributed by atoms with Crippen LogP contribution < -0.4 is 21.1 Å². The molecule has 0 bridgehead atoms. The van der Waals surface area contributed by atoms with Crippen LogP contribution in [0.4, 0.5) is 5.95 Å². The third kappa shape index (κ3) is 6.94. The predicted molar refractivity (Wildman–Crippen MR) is 188 cm³/mol. The minimum absolute atomic E-state index is 0.0860. The molecule has 16 nitrogen and oxygen atoms in total. The molecule has 6 heterocycles. The normalized spacial score (nSPS) is 19.6. The van der Waals surface area contributed by atoms with E-state index in [1.165, 1.54) is 4.57 Å². The highest BCUT2D eigenvalue weighted by Gasteiger charge is 2.32. The first-order valence-corrected chi connectivity index (χ1v) is 17.7. The molecule has 2 aliphatic rings. The van der Waals surface area contributed by atoms with Crippen molar-refractivity contribution >= 4 is 40.4 Å². The van der Waals surface area contributed by atoms with Crippen LogP contribution in [0.1, 0.15) is 71.8 Å². The van der Waals surface area contributed by atoms with Crippen molar-refractivity contribution in [3.63, 3.8) is 0 Å². The Morgan fingerprint density at radius 2 is 1.90 bits per heavy atom. The molecule has 5 aromatic rings. The number of rotatable bonds is 12. The third-order valence-corrected chi connectivity index (χ3v) is 9.69. The first-order chi connectivity index (χ1) is 24.7. The van der Waals surface area contributed by atoms with Gasteiger partial charge in [0.05, 0.1) is 29.5 Å². The molecule has 268 valence electrons. The van der Waals surface area contributed by atoms with Gasteiger partial charge in [-0.2, -0.15) is 14.6 Å². The van der Waals surface area contributed by atoms with Crippen LogP contribution in [0, 0.1) is 5.92 Å². The topological polar surface area (TPSA) is 186 Å². The Hall–Kier alpha value is -5.54. The van der Waals surface area contributed by atoms with Crippen LogP contribution in [0.2, 0.25) is 0 Å². The van der Waals surface area contributed by atoms with Gasteiger partial charge < -0.3 is 15.0 Å². The number of nitrogens with one attached hydrogen (secondary N) is 3. The highest BCUT2D eigenvalue weighted by Crippen LogP contribution is 2.30. The number of fused-ring (bicyclic) bond motifs is 2. The summed E-state index contributed by atoms with van der Waals surface area (Å²) >= 11 is 0. The van der Waals surface area contributed by atoms with Gasteiger partial charge in [-0.3, -0.25) is 33.9 Å². The maximum absolute atomic E-state index is 13.5. The molecule has 3 N–H and O–H groups in total. The zero-order valence-corrected chi connectivity index (χ0v) is 29.0. The van der Waals surface area contributed by atoms with Gasteiger partial charge in [0.15, 0.2) is 5.65 Å². The number of imidazole rings is 1. The number of ether oxygens (including phenoxy) is 1. The van der Waals surface area contributed by atoms with Gasteiger partial charge in [0.1, 0.15) is 11.7 Å². The molecule has 4 aromatic heterocycles. The number of hydrogen-bond acceptors (Lipinski definition) is 10. The maximum atomic E-state index is 13.5. The Bertz CT molecular complexity index is 2120. The Morgan fingerprint density at radius 3 is 2.65 bits per heavy atom. The molecule has 0 radical (unpaired) electrons. The Balaban J connectivity index is 0.917. The van der Waals surface area contributed by atoms with Crippen molar-refractivity contribution in [3.05, 3.63) is 53.3 Å². The molecule has 0 saturated carbocycles. The molecule has 2 aliphatic heterocycles. The van der Waals surface area contributed by atoms with Crippen LogP contribution in [0.15, 0.2) is 47.7 Å². The minimum Gasteiger partial charge on any atom is -0.473 e. The van der Waals surface area contributed by atoms with Crippen molar-refractivity contribution in [1.82, 2.24) is 49.1 Å². The number of aryl methyl sites for hydroxylation is 1. The van der Waals surface area contributed by atoms with Crippen molar-refractivity contribution < 1.29 is 19.1 Å². The second kappa shape index (κ2) is 14.4. The van der Waals surface area contributed by atoms with Crippen molar-refractivity contribution in [2.45, 2.75) is 90.4 Å². The van der Waals surface area contributed by atoms with E-state index in [2.05, 4.69) is 37.7 Å². The van der Waals surface area contributed by atoms with E-state index < -0.39 is 11.9 Å². The number of anilines is 1. The number of carbonyl (C=O) groups is 3. The smallest absolute Gasteiger partial charge is 0.329 e. The maximum Gasteiger partial charge on any atom is 0.329 e. The largest absolute Gasteiger partial charge is 0.473 e. The average molecular weight is 698 g/mol. The van der Waals surface area contributed by atoms with Gasteiger partial charge >= 0.3 is 5.69 Å². The number of piperidine rings is 2. The third-order valence-electron chi connectivity index (χ3n) is 9.69. The molecule has 16 heteroatoms. The number of aromatic nitrogens is 8. The van der Waals surface area contributed by atoms with Gasteiger partial charge in [-0.05, 0) is 57.6 Å². The van der Waals surface area contributed by atoms with Crippen LogP contribution in [0.3, 0.4) is 0 Å². The second-order valence-electron chi connectivity index (χ2n) is 13.7. The molecule has 7 rings (SSSR count). The number of hydrogen-bond donors (Lipinski definition) is 3. The SMILES string of the molecule is CC(C)Oc1c(-c2cn[nH]c2)ncc2nc(N[C@H]3CCN(C(=O)CCCCCn4c(=O)n(C5CCC(=O)NC5=O)c5ccccc54)C[C@H]3C)nn12. The number of para-hydroxylation sites is 2. The van der Waals surface area contributed by atoms with Gasteiger partial charge in [0, 0.05) is 50.3 Å². The van der Waals surface area contributed by atoms with Gasteiger partial charge in [0.25, 0.3) is 0 Å². The highest BCUT2D eigenvalue weighted by atomic mass is 16.5. The fraction of sp³-hybridized carbons (Fsp3) is 0.486. The lowest BCUT2D eigenvalue weighted by Crippen LogP contribution is -2.47. The standard InChI is InChI=1S/C35H43N11O5/c1-21(2)51-33-31(23-17-37-38-18-23)36-19-28-40-34(42-46(28)33)39-24-14-16-43(20-22(24)3)30(48)11-5-4-8-15-44-25-9-6-7-10-26(25)45(35(44)50)27-12-13-29(47)41-32(27)49/h6-7,9-10,17-19,21-22,24,27H,4-5,8,11-16,20H2,1-3H3,(H,37,38)(H,39,42)(H,41,47,49)/t22-,24+,27?/m1/s1. The number of nitrogens with zero attached hydrogens (tertiary/aromatic N) is 8. The highest BCUT2D eigenvalue weighted by molar-refractivity contribution is 6.00. The summed E-state index contributed by atoms with van der Waals surface area (Å²) in [4.78, 5) is 62.2. The van der Waals surface area contributed by atoms with E-state index in [1.807, 2.05) is 43.0 Å². The molecule has 1 unspecified atom stereocenters. The predicted octanol–water partition coefficient (Wildman–Crippen LogP) is 3.31. The van der Waals surface area contributed by atoms with Crippen molar-refractivity contribution in [2.75, 3.05) is 18.4 Å². The van der Waals surface area contributed by atoms with Crippen molar-refractivity contribution in [1.29, 1.82) is 0 Å². The zero-order valence-electron chi connectivity index (χ0n) is 29.0. The lowest BCUT2D eigenvalue weighted by Gasteiger charge is -2.37. The molecule has 2 fully saturated rings. The molecule has 3 amide bonds. The van der Waals surface area contributed by atoms with Gasteiger partial charge in [-0.25, -0.2) is 9.78 Å². The number of carbonyl (C=O) groups excluding carboxylic acids is 3. The van der Waals surface area contributed by atoms with E-state index in [9.17, 15) is 19.2 Å². The van der Waals surface area contributed by atoms with Gasteiger partial charge in [0.2, 0.25) is 29.5 Å². The first-order valence-electron chi connectivity index (χ1n) is 17.7. The molecule has 3 atom stereocenters. The summed E-state index contributed by atoms with van der Waals surface area (Å²) in [6.45, 7) is 7.76. The van der Waals surface area contributed by atoms with Crippen molar-refractivity contribution in [2.24, 2.45) is 5.92 Å². The number of aromatic amines is 1. The molecule has 2 saturated heterocycles. The number of unbranched alkanes of at least 4 members (excludes halogenated alkanes) is 2. The summed E-state index contributed by atoms with van der Waals surface area (Å²) in [5, 5.41) is 17.4. The molecular weight excluding hydrogens is 654 g/mol. The van der Waals surface area contributed by atoms with Crippen LogP contribution in [0.5, 0.6) is 5.88 Å². The fourth-order valence-corrected chi connectivity index (χ4v) is 7.11. The van der Waals surface area contributed by atoms with Crippen LogP contribution in [-0.4, -0.2) is 86.8 Å². The molecule has 0 aliphatic carbocycles. The summed E-state index contributed by atoms with van der Waals surface area (Å²) in [6.07, 6.45) is 8.91. The minimum atomic E-state index is -0.716. The first kappa shape index (κ1) is 33.9. The van der Waals surface area contributed by atoms with E-state index >= 15 is 0 Å². The number of imide groups is 1. The quantitative estimate of drug-likeness (QED) is 0.129. The van der Waals surface area contributed by atoms with E-state index in [4.69, 9.17) is 9.84 Å². The fourth-order valence-electron chi connectivity index (χ4n) is 7.11. The molecule has 0 spiro atoms. The van der Waals surface area contributed by atoms with E-state index in [-0.39, 0.29) is 42.0 Å². The Kier molecular flexibility index (Phi) is 9.56. The van der Waals surface area contributed by atoms with E-state index in [1.54, 1.807) is 27.7 Å². The monoisotopic (exact) mass is 697 g/mol. The van der Waals surface area contributed by atoms with E-state index in [0.717, 1.165) is 23.9 Å². The molecular formula is C35H43N11O5. The average Bonchev–Trinajstić information content (AvgIpc) is 3.84. The summed E-state index contributed by atoms with van der Waals surface area (Å²) in [7, 11) is 0. The molecule has 51 heavy (non-hydrogen) atoms. The summed E-state index contributed by atoms with van der Waals surface area (Å²) < 4.78 is 11.0. The number of likely N-dealkylation sites (tertiary alicyclic amines) is 1. The second-order valence-corrected chi connectivity index (χ2v) is 13.7. The number of amides is 3. The molecule has 1 aromatic carbocycles. The number of benzene rings is 1.